The highest BCUT2D eigenvalue weighted by Gasteiger charge is 2.29. The molecular formula is C23H19N5O. The maximum Gasteiger partial charge on any atom is 0.280 e. The van der Waals surface area contributed by atoms with E-state index in [4.69, 9.17) is 5.26 Å². The van der Waals surface area contributed by atoms with Gasteiger partial charge < -0.3 is 0 Å². The average molecular weight is 381 g/mol. The second kappa shape index (κ2) is 7.95. The number of nitrogens with zero attached hydrogens (tertiary/aromatic N) is 5. The fourth-order valence-electron chi connectivity index (χ4n) is 3.23. The quantitative estimate of drug-likeness (QED) is 0.620. The van der Waals surface area contributed by atoms with Crippen molar-refractivity contribution in [1.29, 1.82) is 5.26 Å². The Hall–Kier alpha value is -3.98. The molecule has 142 valence electrons. The van der Waals surface area contributed by atoms with Gasteiger partial charge in [-0.25, -0.2) is 0 Å². The van der Waals surface area contributed by atoms with Crippen LogP contribution in [0, 0.1) is 11.3 Å². The van der Waals surface area contributed by atoms with Crippen LogP contribution in [0.5, 0.6) is 0 Å². The molecule has 29 heavy (non-hydrogen) atoms. The van der Waals surface area contributed by atoms with Gasteiger partial charge in [0.2, 0.25) is 0 Å². The van der Waals surface area contributed by atoms with Crippen molar-refractivity contribution in [3.8, 4) is 17.3 Å². The average Bonchev–Trinajstić information content (AvgIpc) is 3.29. The lowest BCUT2D eigenvalue weighted by Gasteiger charge is -2.11. The lowest BCUT2D eigenvalue weighted by Crippen LogP contribution is -2.21. The molecule has 0 N–H and O–H groups in total. The number of rotatable bonds is 5. The van der Waals surface area contributed by atoms with Crippen molar-refractivity contribution in [2.24, 2.45) is 5.10 Å². The van der Waals surface area contributed by atoms with E-state index in [1.165, 1.54) is 5.01 Å². The highest BCUT2D eigenvalue weighted by Crippen LogP contribution is 2.28. The molecule has 0 aliphatic carbocycles. The molecule has 0 saturated heterocycles. The predicted octanol–water partition coefficient (Wildman–Crippen LogP) is 4.27. The van der Waals surface area contributed by atoms with Crippen LogP contribution in [0.2, 0.25) is 0 Å². The Morgan fingerprint density at radius 3 is 2.45 bits per heavy atom. The third kappa shape index (κ3) is 3.71. The van der Waals surface area contributed by atoms with Crippen molar-refractivity contribution in [2.45, 2.75) is 19.9 Å². The molecule has 0 unspecified atom stereocenters. The lowest BCUT2D eigenvalue weighted by atomic mass is 10.0. The minimum Gasteiger partial charge on any atom is -0.270 e. The second-order valence-electron chi connectivity index (χ2n) is 6.67. The van der Waals surface area contributed by atoms with Crippen LogP contribution in [0.15, 0.2) is 77.5 Å². The molecule has 2 heterocycles. The number of hydrogen-bond donors (Lipinski definition) is 0. The molecule has 0 spiro atoms. The molecule has 0 fully saturated rings. The van der Waals surface area contributed by atoms with Crippen molar-refractivity contribution < 1.29 is 4.79 Å². The largest absolute Gasteiger partial charge is 0.280 e. The van der Waals surface area contributed by atoms with Gasteiger partial charge in [0.05, 0.1) is 41.7 Å². The van der Waals surface area contributed by atoms with E-state index >= 15 is 0 Å². The van der Waals surface area contributed by atoms with Crippen molar-refractivity contribution in [1.82, 2.24) is 9.78 Å². The maximum atomic E-state index is 13.0. The van der Waals surface area contributed by atoms with Crippen molar-refractivity contribution in [2.75, 3.05) is 5.01 Å². The van der Waals surface area contributed by atoms with E-state index in [-0.39, 0.29) is 5.91 Å². The minimum absolute atomic E-state index is 0.169. The van der Waals surface area contributed by atoms with E-state index in [1.54, 1.807) is 4.68 Å². The van der Waals surface area contributed by atoms with Gasteiger partial charge in [-0.3, -0.25) is 9.48 Å². The molecule has 0 bridgehead atoms. The summed E-state index contributed by atoms with van der Waals surface area (Å²) in [5.74, 6) is -0.169. The molecular weight excluding hydrogens is 362 g/mol. The number of aromatic nitrogens is 2. The SMILES string of the molecule is CC1=NN(c2ccccc2)C(=O)C1=Cc1cn(CCC#N)nc1-c1ccccc1. The van der Waals surface area contributed by atoms with Crippen LogP contribution in [0.1, 0.15) is 18.9 Å². The summed E-state index contributed by atoms with van der Waals surface area (Å²) in [7, 11) is 0. The number of aryl methyl sites for hydroxylation is 1. The summed E-state index contributed by atoms with van der Waals surface area (Å²) in [6, 6.07) is 21.3. The zero-order valence-electron chi connectivity index (χ0n) is 16.0. The summed E-state index contributed by atoms with van der Waals surface area (Å²) >= 11 is 0. The maximum absolute atomic E-state index is 13.0. The van der Waals surface area contributed by atoms with Crippen LogP contribution in [0.4, 0.5) is 5.69 Å². The Morgan fingerprint density at radius 2 is 1.76 bits per heavy atom. The van der Waals surface area contributed by atoms with Crippen LogP contribution in [-0.4, -0.2) is 21.4 Å². The molecule has 1 aliphatic rings. The zero-order valence-corrected chi connectivity index (χ0v) is 16.0. The van der Waals surface area contributed by atoms with Gasteiger partial charge in [0.15, 0.2) is 0 Å². The van der Waals surface area contributed by atoms with Crippen LogP contribution >= 0.6 is 0 Å². The molecule has 4 rings (SSSR count). The fourth-order valence-corrected chi connectivity index (χ4v) is 3.23. The Balaban J connectivity index is 1.74. The van der Waals surface area contributed by atoms with E-state index in [1.807, 2.05) is 79.9 Å². The van der Waals surface area contributed by atoms with Gasteiger partial charge in [-0.05, 0) is 25.1 Å². The molecule has 6 nitrogen and oxygen atoms in total. The Morgan fingerprint density at radius 1 is 1.07 bits per heavy atom. The Kier molecular flexibility index (Phi) is 5.04. The molecule has 1 aliphatic heterocycles. The van der Waals surface area contributed by atoms with Gasteiger partial charge in [-0.1, -0.05) is 48.5 Å². The van der Waals surface area contributed by atoms with Crippen LogP contribution in [-0.2, 0) is 11.3 Å². The highest BCUT2D eigenvalue weighted by molar-refractivity contribution is 6.32. The topological polar surface area (TPSA) is 74.3 Å². The van der Waals surface area contributed by atoms with Crippen LogP contribution in [0.25, 0.3) is 17.3 Å². The smallest absolute Gasteiger partial charge is 0.270 e. The van der Waals surface area contributed by atoms with Crippen molar-refractivity contribution in [3.05, 3.63) is 78.0 Å². The summed E-state index contributed by atoms with van der Waals surface area (Å²) in [5.41, 5.74) is 4.47. The molecule has 2 aromatic carbocycles. The monoisotopic (exact) mass is 381 g/mol. The van der Waals surface area contributed by atoms with Crippen LogP contribution < -0.4 is 5.01 Å². The predicted molar refractivity (Wildman–Crippen MR) is 113 cm³/mol. The number of benzene rings is 2. The van der Waals surface area contributed by atoms with E-state index < -0.39 is 0 Å². The van der Waals surface area contributed by atoms with Gasteiger partial charge in [0.1, 0.15) is 0 Å². The first-order valence-corrected chi connectivity index (χ1v) is 9.34. The second-order valence-corrected chi connectivity index (χ2v) is 6.67. The normalized spacial score (nSPS) is 14.9. The molecule has 6 heteroatoms. The number of amides is 1. The van der Waals surface area contributed by atoms with Gasteiger partial charge in [-0.15, -0.1) is 0 Å². The first-order chi connectivity index (χ1) is 14.2. The lowest BCUT2D eigenvalue weighted by molar-refractivity contribution is -0.114. The number of carbonyl (C=O) groups is 1. The molecule has 0 saturated carbocycles. The molecule has 0 radical (unpaired) electrons. The summed E-state index contributed by atoms with van der Waals surface area (Å²) in [5, 5.41) is 19.4. The minimum atomic E-state index is -0.169. The van der Waals surface area contributed by atoms with E-state index in [0.29, 0.717) is 24.3 Å². The number of hydrogen-bond acceptors (Lipinski definition) is 4. The van der Waals surface area contributed by atoms with E-state index in [9.17, 15) is 4.79 Å². The molecule has 1 amide bonds. The Labute approximate surface area is 169 Å². The number of nitriles is 1. The Bertz CT molecular complexity index is 1140. The number of hydrazone groups is 1. The van der Waals surface area contributed by atoms with E-state index in [2.05, 4.69) is 16.3 Å². The third-order valence-corrected chi connectivity index (χ3v) is 4.65. The summed E-state index contributed by atoms with van der Waals surface area (Å²) in [6.45, 7) is 2.33. The van der Waals surface area contributed by atoms with Gasteiger partial charge in [-0.2, -0.15) is 20.5 Å². The fraction of sp³-hybridized carbons (Fsp3) is 0.130. The summed E-state index contributed by atoms with van der Waals surface area (Å²) in [4.78, 5) is 13.0. The van der Waals surface area contributed by atoms with Crippen molar-refractivity contribution >= 4 is 23.4 Å². The zero-order chi connectivity index (χ0) is 20.2. The number of carbonyl (C=O) groups excluding carboxylic acids is 1. The summed E-state index contributed by atoms with van der Waals surface area (Å²) < 4.78 is 1.75. The summed E-state index contributed by atoms with van der Waals surface area (Å²) in [6.07, 6.45) is 4.08. The van der Waals surface area contributed by atoms with Gasteiger partial charge >= 0.3 is 0 Å². The third-order valence-electron chi connectivity index (χ3n) is 4.65. The highest BCUT2D eigenvalue weighted by atomic mass is 16.2. The standard InChI is InChI=1S/C23H19N5O/c1-17-21(23(29)28(25-17)20-11-6-3-7-12-20)15-19-16-27(14-8-13-24)26-22(19)18-9-4-2-5-10-18/h2-7,9-12,15-16H,8,14H2,1H3. The first-order valence-electron chi connectivity index (χ1n) is 9.34. The molecule has 1 aromatic heterocycles. The van der Waals surface area contributed by atoms with Gasteiger partial charge in [0, 0.05) is 17.3 Å². The molecule has 0 atom stereocenters. The van der Waals surface area contributed by atoms with Gasteiger partial charge in [0.25, 0.3) is 5.91 Å². The molecule has 3 aromatic rings. The number of anilines is 1. The number of para-hydroxylation sites is 1. The van der Waals surface area contributed by atoms with Crippen molar-refractivity contribution in [3.63, 3.8) is 0 Å². The van der Waals surface area contributed by atoms with Crippen LogP contribution in [0.3, 0.4) is 0 Å². The first kappa shape index (κ1) is 18.4. The van der Waals surface area contributed by atoms with E-state index in [0.717, 1.165) is 22.5 Å².